The van der Waals surface area contributed by atoms with E-state index in [-0.39, 0.29) is 5.54 Å². The number of carboxylic acid groups (broad SMARTS) is 1. The van der Waals surface area contributed by atoms with Crippen LogP contribution in [0.4, 0.5) is 0 Å². The standard InChI is InChI=1S/C13H16BrN3O2/c14-11-15-7-17(16-11)13-4-8-1-9(5-13)3-12(2-8,6-13)10(18)19/h7-9H,1-6H2,(H,18,19)/t8-,9-,12?,13?/m1/s1. The largest absolute Gasteiger partial charge is 0.481 e. The summed E-state index contributed by atoms with van der Waals surface area (Å²) >= 11 is 3.29. The Hall–Kier alpha value is -0.910. The van der Waals surface area contributed by atoms with Crippen molar-refractivity contribution in [1.82, 2.24) is 14.8 Å². The van der Waals surface area contributed by atoms with Crippen molar-refractivity contribution in [3.8, 4) is 0 Å². The SMILES string of the molecule is O=C(O)C12C[C@H]3C[C@H](C1)CC(n1cnc(Br)n1)(C3)C2. The minimum absolute atomic E-state index is 0.110. The fourth-order valence-electron chi connectivity index (χ4n) is 5.20. The van der Waals surface area contributed by atoms with Crippen LogP contribution in [0.2, 0.25) is 0 Å². The lowest BCUT2D eigenvalue weighted by molar-refractivity contribution is -0.173. The molecule has 5 rings (SSSR count). The van der Waals surface area contributed by atoms with Crippen LogP contribution in [0.1, 0.15) is 38.5 Å². The molecule has 5 nitrogen and oxygen atoms in total. The highest BCUT2D eigenvalue weighted by atomic mass is 79.9. The number of aromatic nitrogens is 3. The highest BCUT2D eigenvalue weighted by Gasteiger charge is 2.62. The van der Waals surface area contributed by atoms with Gasteiger partial charge in [0.15, 0.2) is 0 Å². The van der Waals surface area contributed by atoms with Gasteiger partial charge in [0.2, 0.25) is 4.73 Å². The van der Waals surface area contributed by atoms with Gasteiger partial charge in [-0.2, -0.15) is 0 Å². The Labute approximate surface area is 119 Å². The van der Waals surface area contributed by atoms with Crippen LogP contribution in [0.3, 0.4) is 0 Å². The van der Waals surface area contributed by atoms with Crippen molar-refractivity contribution in [3.63, 3.8) is 0 Å². The molecular weight excluding hydrogens is 310 g/mol. The molecule has 19 heavy (non-hydrogen) atoms. The van der Waals surface area contributed by atoms with E-state index in [9.17, 15) is 9.90 Å². The van der Waals surface area contributed by atoms with Crippen LogP contribution in [0.5, 0.6) is 0 Å². The number of nitrogens with zero attached hydrogens (tertiary/aromatic N) is 3. The zero-order valence-corrected chi connectivity index (χ0v) is 12.1. The number of carboxylic acids is 1. The van der Waals surface area contributed by atoms with Crippen LogP contribution in [0.25, 0.3) is 0 Å². The Kier molecular flexibility index (Phi) is 2.25. The molecule has 4 aliphatic carbocycles. The lowest BCUT2D eigenvalue weighted by atomic mass is 9.47. The molecule has 0 aliphatic heterocycles. The maximum Gasteiger partial charge on any atom is 0.309 e. The van der Waals surface area contributed by atoms with Crippen LogP contribution in [-0.2, 0) is 10.3 Å². The van der Waals surface area contributed by atoms with Crippen molar-refractivity contribution < 1.29 is 9.90 Å². The van der Waals surface area contributed by atoms with Crippen LogP contribution >= 0.6 is 15.9 Å². The Morgan fingerprint density at radius 3 is 2.58 bits per heavy atom. The molecule has 1 aromatic rings. The van der Waals surface area contributed by atoms with Gasteiger partial charge in [0.1, 0.15) is 6.33 Å². The fraction of sp³-hybridized carbons (Fsp3) is 0.769. The monoisotopic (exact) mass is 325 g/mol. The second-order valence-corrected chi connectivity index (χ2v) is 7.44. The number of aliphatic carboxylic acids is 1. The van der Waals surface area contributed by atoms with Gasteiger partial charge in [-0.25, -0.2) is 9.67 Å². The number of carbonyl (C=O) groups is 1. The smallest absolute Gasteiger partial charge is 0.309 e. The van der Waals surface area contributed by atoms with E-state index < -0.39 is 11.4 Å². The van der Waals surface area contributed by atoms with Crippen molar-refractivity contribution in [2.75, 3.05) is 0 Å². The van der Waals surface area contributed by atoms with E-state index in [0.29, 0.717) is 16.6 Å². The van der Waals surface area contributed by atoms with Gasteiger partial charge in [-0.1, -0.05) is 0 Å². The van der Waals surface area contributed by atoms with Crippen molar-refractivity contribution in [1.29, 1.82) is 0 Å². The van der Waals surface area contributed by atoms with Crippen molar-refractivity contribution >= 4 is 21.9 Å². The van der Waals surface area contributed by atoms with Crippen molar-refractivity contribution in [3.05, 3.63) is 11.1 Å². The van der Waals surface area contributed by atoms with Crippen LogP contribution in [0.15, 0.2) is 11.1 Å². The topological polar surface area (TPSA) is 68.0 Å². The number of halogens is 1. The summed E-state index contributed by atoms with van der Waals surface area (Å²) in [4.78, 5) is 15.9. The molecular formula is C13H16BrN3O2. The van der Waals surface area contributed by atoms with Crippen LogP contribution in [0, 0.1) is 17.3 Å². The fourth-order valence-corrected chi connectivity index (χ4v) is 5.47. The maximum atomic E-state index is 11.8. The Morgan fingerprint density at radius 2 is 2.05 bits per heavy atom. The second-order valence-electron chi connectivity index (χ2n) is 6.73. The zero-order chi connectivity index (χ0) is 13.3. The molecule has 0 radical (unpaired) electrons. The van der Waals surface area contributed by atoms with Gasteiger partial charge in [0, 0.05) is 0 Å². The summed E-state index contributed by atoms with van der Waals surface area (Å²) in [7, 11) is 0. The molecule has 1 heterocycles. The van der Waals surface area contributed by atoms with Gasteiger partial charge in [0.25, 0.3) is 0 Å². The Balaban J connectivity index is 1.80. The first kappa shape index (κ1) is 11.9. The third-order valence-corrected chi connectivity index (χ3v) is 5.80. The molecule has 4 fully saturated rings. The quantitative estimate of drug-likeness (QED) is 0.906. The number of hydrogen-bond donors (Lipinski definition) is 1. The van der Waals surface area contributed by atoms with Crippen molar-refractivity contribution in [2.45, 2.75) is 44.1 Å². The molecule has 0 spiro atoms. The summed E-state index contributed by atoms with van der Waals surface area (Å²) in [6.07, 6.45) is 7.52. The first-order valence-corrected chi connectivity index (χ1v) is 7.62. The van der Waals surface area contributed by atoms with Gasteiger partial charge >= 0.3 is 5.97 Å². The summed E-state index contributed by atoms with van der Waals surface area (Å²) in [5.74, 6) is 0.478. The van der Waals surface area contributed by atoms with Crippen molar-refractivity contribution in [2.24, 2.45) is 17.3 Å². The molecule has 102 valence electrons. The average Bonchev–Trinajstić information content (AvgIpc) is 2.74. The van der Waals surface area contributed by atoms with E-state index in [1.165, 1.54) is 6.42 Å². The van der Waals surface area contributed by atoms with E-state index in [1.807, 2.05) is 4.68 Å². The van der Waals surface area contributed by atoms with E-state index in [1.54, 1.807) is 6.33 Å². The highest BCUT2D eigenvalue weighted by Crippen LogP contribution is 2.64. The Bertz CT molecular complexity index is 542. The predicted octanol–water partition coefficient (Wildman–Crippen LogP) is 2.42. The molecule has 1 N–H and O–H groups in total. The summed E-state index contributed by atoms with van der Waals surface area (Å²) in [5, 5.41) is 14.1. The number of hydrogen-bond acceptors (Lipinski definition) is 3. The van der Waals surface area contributed by atoms with Crippen LogP contribution in [-0.4, -0.2) is 25.8 Å². The zero-order valence-electron chi connectivity index (χ0n) is 10.5. The molecule has 0 amide bonds. The minimum atomic E-state index is -0.606. The molecule has 4 aliphatic rings. The molecule has 0 saturated heterocycles. The van der Waals surface area contributed by atoms with E-state index in [2.05, 4.69) is 26.0 Å². The minimum Gasteiger partial charge on any atom is -0.481 e. The predicted molar refractivity (Wildman–Crippen MR) is 70.4 cm³/mol. The highest BCUT2D eigenvalue weighted by molar-refractivity contribution is 9.10. The third kappa shape index (κ3) is 1.55. The third-order valence-electron chi connectivity index (χ3n) is 5.43. The summed E-state index contributed by atoms with van der Waals surface area (Å²) in [6, 6.07) is 0. The molecule has 1 aromatic heterocycles. The lowest BCUT2D eigenvalue weighted by Gasteiger charge is -2.60. The van der Waals surface area contributed by atoms with Crippen LogP contribution < -0.4 is 0 Å². The molecule has 4 saturated carbocycles. The Morgan fingerprint density at radius 1 is 1.37 bits per heavy atom. The van der Waals surface area contributed by atoms with E-state index in [0.717, 1.165) is 32.1 Å². The first-order valence-electron chi connectivity index (χ1n) is 6.82. The van der Waals surface area contributed by atoms with Gasteiger partial charge in [-0.05, 0) is 66.3 Å². The van der Waals surface area contributed by atoms with Gasteiger partial charge in [0.05, 0.1) is 11.0 Å². The van der Waals surface area contributed by atoms with E-state index >= 15 is 0 Å². The van der Waals surface area contributed by atoms with Gasteiger partial charge in [-0.15, -0.1) is 5.10 Å². The van der Waals surface area contributed by atoms with Gasteiger partial charge in [-0.3, -0.25) is 4.79 Å². The summed E-state index contributed by atoms with van der Waals surface area (Å²) in [6.45, 7) is 0. The molecule has 2 atom stereocenters. The lowest BCUT2D eigenvalue weighted by Crippen LogP contribution is -2.59. The molecule has 0 aromatic carbocycles. The molecule has 6 heteroatoms. The summed E-state index contributed by atoms with van der Waals surface area (Å²) in [5.41, 5.74) is -0.621. The first-order chi connectivity index (χ1) is 9.01. The van der Waals surface area contributed by atoms with E-state index in [4.69, 9.17) is 0 Å². The normalized spacial score (nSPS) is 43.6. The average molecular weight is 326 g/mol. The summed E-state index contributed by atoms with van der Waals surface area (Å²) < 4.78 is 2.53. The molecule has 4 bridgehead atoms. The maximum absolute atomic E-state index is 11.8. The van der Waals surface area contributed by atoms with Gasteiger partial charge < -0.3 is 5.11 Å². The number of rotatable bonds is 2. The second kappa shape index (κ2) is 3.59. The molecule has 0 unspecified atom stereocenters.